The van der Waals surface area contributed by atoms with E-state index < -0.39 is 23.7 Å². The molecule has 1 aliphatic heterocycles. The van der Waals surface area contributed by atoms with E-state index in [-0.39, 0.29) is 35.6 Å². The molecule has 0 spiro atoms. The highest BCUT2D eigenvalue weighted by atomic mass is 127. The highest BCUT2D eigenvalue weighted by molar-refractivity contribution is 14.1. The van der Waals surface area contributed by atoms with Gasteiger partial charge < -0.3 is 9.84 Å². The molecule has 8 heteroatoms. The molecule has 192 valence electrons. The van der Waals surface area contributed by atoms with Gasteiger partial charge in [-0.05, 0) is 96.3 Å². The maximum absolute atomic E-state index is 13.9. The fourth-order valence-corrected chi connectivity index (χ4v) is 6.85. The van der Waals surface area contributed by atoms with Crippen LogP contribution in [0, 0.1) is 21.3 Å². The molecule has 2 aromatic carbocycles. The van der Waals surface area contributed by atoms with Crippen LogP contribution in [-0.2, 0) is 19.2 Å². The van der Waals surface area contributed by atoms with Gasteiger partial charge in [-0.25, -0.2) is 0 Å². The fourth-order valence-electron chi connectivity index (χ4n) is 6.49. The normalized spacial score (nSPS) is 26.6. The Bertz CT molecular complexity index is 1530. The molecular formula is C30H24INO6. The number of methoxy groups -OCH3 is 1. The summed E-state index contributed by atoms with van der Waals surface area (Å²) >= 11 is 2.17. The standard InChI is InChI=1S/C30H24INO6/c1-14-11-23(34)27-21(28(14)35)13-20-18(25(27)15-3-10-24(38-2)22(33)12-15)8-9-19-26(20)30(37)32(29(19)36)17-6-4-16(31)5-7-17/h3-8,10-12,19-20,25-26,33H,9,13H2,1-2H3/t19-,20+,25-,26-/m0/s1. The number of halogens is 1. The molecule has 3 aliphatic carbocycles. The Balaban J connectivity index is 1.48. The van der Waals surface area contributed by atoms with Crippen LogP contribution in [0.2, 0.25) is 0 Å². The summed E-state index contributed by atoms with van der Waals surface area (Å²) in [5.41, 5.74) is 3.15. The van der Waals surface area contributed by atoms with E-state index in [9.17, 15) is 24.3 Å². The molecule has 0 saturated carbocycles. The molecule has 0 unspecified atom stereocenters. The molecule has 0 radical (unpaired) electrons. The number of fused-ring (bicyclic) bond motifs is 3. The summed E-state index contributed by atoms with van der Waals surface area (Å²) < 4.78 is 6.19. The average molecular weight is 621 g/mol. The van der Waals surface area contributed by atoms with E-state index in [1.165, 1.54) is 18.1 Å². The lowest BCUT2D eigenvalue weighted by atomic mass is 9.59. The first-order chi connectivity index (χ1) is 18.2. The van der Waals surface area contributed by atoms with Gasteiger partial charge in [-0.1, -0.05) is 17.7 Å². The molecule has 38 heavy (non-hydrogen) atoms. The van der Waals surface area contributed by atoms with E-state index in [1.54, 1.807) is 37.3 Å². The van der Waals surface area contributed by atoms with E-state index in [0.717, 1.165) is 9.14 Å². The number of anilines is 1. The number of phenols is 1. The SMILES string of the molecule is COc1ccc([C@H]2C3=CC[C@@H]4C(=O)N(c5ccc(I)cc5)C(=O)[C@@H]4[C@@H]3CC3=C2C(=O)C=C(C)C3=O)cc1O. The van der Waals surface area contributed by atoms with Crippen LogP contribution in [0.15, 0.2) is 76.9 Å². The number of nitrogens with zero attached hydrogens (tertiary/aromatic N) is 1. The third-order valence-electron chi connectivity index (χ3n) is 8.18. The zero-order valence-corrected chi connectivity index (χ0v) is 22.9. The van der Waals surface area contributed by atoms with Crippen LogP contribution < -0.4 is 9.64 Å². The summed E-state index contributed by atoms with van der Waals surface area (Å²) in [7, 11) is 1.45. The number of ether oxygens (including phenoxy) is 1. The van der Waals surface area contributed by atoms with Gasteiger partial charge in [0.2, 0.25) is 11.8 Å². The Morgan fingerprint density at radius 3 is 2.42 bits per heavy atom. The first kappa shape index (κ1) is 24.8. The number of Topliss-reactive ketones (excluding diaryl/α,β-unsaturated/α-hetero) is 1. The minimum absolute atomic E-state index is 0.0816. The Kier molecular flexibility index (Phi) is 5.90. The zero-order chi connectivity index (χ0) is 26.9. The highest BCUT2D eigenvalue weighted by Crippen LogP contribution is 2.55. The van der Waals surface area contributed by atoms with Gasteiger partial charge in [0.25, 0.3) is 0 Å². The minimum atomic E-state index is -0.640. The predicted octanol–water partition coefficient (Wildman–Crippen LogP) is 4.64. The van der Waals surface area contributed by atoms with Crippen LogP contribution in [0.3, 0.4) is 0 Å². The fraction of sp³-hybridized carbons (Fsp3) is 0.267. The number of hydrogen-bond acceptors (Lipinski definition) is 6. The lowest BCUT2D eigenvalue weighted by Gasteiger charge is -2.42. The monoisotopic (exact) mass is 621 g/mol. The Morgan fingerprint density at radius 2 is 1.74 bits per heavy atom. The first-order valence-electron chi connectivity index (χ1n) is 12.4. The van der Waals surface area contributed by atoms with E-state index in [0.29, 0.717) is 40.1 Å². The summed E-state index contributed by atoms with van der Waals surface area (Å²) in [5, 5.41) is 10.6. The Labute approximate surface area is 233 Å². The van der Waals surface area contributed by atoms with Crippen LogP contribution in [0.1, 0.15) is 31.2 Å². The summed E-state index contributed by atoms with van der Waals surface area (Å²) in [6.07, 6.45) is 3.91. The summed E-state index contributed by atoms with van der Waals surface area (Å²) in [6.45, 7) is 1.62. The number of imide groups is 1. The second kappa shape index (κ2) is 9.04. The van der Waals surface area contributed by atoms with Crippen molar-refractivity contribution in [3.8, 4) is 11.5 Å². The van der Waals surface area contributed by atoms with Gasteiger partial charge in [0, 0.05) is 26.2 Å². The van der Waals surface area contributed by atoms with E-state index in [2.05, 4.69) is 22.6 Å². The molecule has 1 N–H and O–H groups in total. The van der Waals surface area contributed by atoms with Crippen molar-refractivity contribution in [2.75, 3.05) is 12.0 Å². The number of benzene rings is 2. The predicted molar refractivity (Wildman–Crippen MR) is 148 cm³/mol. The van der Waals surface area contributed by atoms with Gasteiger partial charge >= 0.3 is 0 Å². The van der Waals surface area contributed by atoms with Crippen molar-refractivity contribution in [1.82, 2.24) is 0 Å². The van der Waals surface area contributed by atoms with E-state index in [4.69, 9.17) is 4.74 Å². The topological polar surface area (TPSA) is 101 Å². The Hall–Kier alpha value is -3.53. The average Bonchev–Trinajstić information content (AvgIpc) is 3.16. The van der Waals surface area contributed by atoms with Gasteiger partial charge in [-0.3, -0.25) is 24.1 Å². The van der Waals surface area contributed by atoms with Crippen LogP contribution in [-0.4, -0.2) is 35.6 Å². The molecule has 0 bridgehead atoms. The molecule has 1 heterocycles. The van der Waals surface area contributed by atoms with Crippen molar-refractivity contribution in [3.63, 3.8) is 0 Å². The first-order valence-corrected chi connectivity index (χ1v) is 13.5. The van der Waals surface area contributed by atoms with Crippen molar-refractivity contribution in [1.29, 1.82) is 0 Å². The van der Waals surface area contributed by atoms with Gasteiger partial charge in [-0.2, -0.15) is 0 Å². The number of hydrogen-bond donors (Lipinski definition) is 1. The lowest BCUT2D eigenvalue weighted by Crippen LogP contribution is -2.39. The molecule has 1 saturated heterocycles. The number of phenolic OH excluding ortho intramolecular Hbond substituents is 1. The molecule has 6 rings (SSSR count). The van der Waals surface area contributed by atoms with Gasteiger partial charge in [0.1, 0.15) is 0 Å². The van der Waals surface area contributed by atoms with Crippen molar-refractivity contribution < 1.29 is 29.0 Å². The molecule has 2 aromatic rings. The number of aromatic hydroxyl groups is 1. The molecule has 1 fully saturated rings. The Morgan fingerprint density at radius 1 is 1.00 bits per heavy atom. The third kappa shape index (κ3) is 3.60. The number of amides is 2. The van der Waals surface area contributed by atoms with Gasteiger partial charge in [-0.15, -0.1) is 0 Å². The summed E-state index contributed by atoms with van der Waals surface area (Å²) in [6, 6.07) is 12.2. The quantitative estimate of drug-likeness (QED) is 0.232. The highest BCUT2D eigenvalue weighted by Gasteiger charge is 2.56. The van der Waals surface area contributed by atoms with Gasteiger partial charge in [0.15, 0.2) is 23.1 Å². The molecule has 0 aromatic heterocycles. The molecule has 7 nitrogen and oxygen atoms in total. The maximum atomic E-state index is 13.9. The molecule has 4 atom stereocenters. The smallest absolute Gasteiger partial charge is 0.238 e. The number of carbonyl (C=O) groups excluding carboxylic acids is 4. The zero-order valence-electron chi connectivity index (χ0n) is 20.7. The number of carbonyl (C=O) groups is 4. The second-order valence-electron chi connectivity index (χ2n) is 10.1. The second-order valence-corrected chi connectivity index (χ2v) is 11.4. The number of ketones is 2. The number of allylic oxidation sites excluding steroid dienone is 6. The summed E-state index contributed by atoms with van der Waals surface area (Å²) in [4.78, 5) is 55.3. The molecule has 4 aliphatic rings. The van der Waals surface area contributed by atoms with Crippen LogP contribution in [0.25, 0.3) is 0 Å². The van der Waals surface area contributed by atoms with E-state index in [1.807, 2.05) is 18.2 Å². The summed E-state index contributed by atoms with van der Waals surface area (Å²) in [5.74, 6) is -2.97. The van der Waals surface area contributed by atoms with E-state index >= 15 is 0 Å². The molecule has 2 amide bonds. The van der Waals surface area contributed by atoms with Crippen molar-refractivity contribution in [3.05, 3.63) is 86.0 Å². The number of rotatable bonds is 3. The maximum Gasteiger partial charge on any atom is 0.238 e. The van der Waals surface area contributed by atoms with Crippen LogP contribution >= 0.6 is 22.6 Å². The minimum Gasteiger partial charge on any atom is -0.504 e. The molecular weight excluding hydrogens is 597 g/mol. The largest absolute Gasteiger partial charge is 0.504 e. The van der Waals surface area contributed by atoms with Crippen molar-refractivity contribution in [2.45, 2.75) is 25.7 Å². The van der Waals surface area contributed by atoms with Gasteiger partial charge in [0.05, 0.1) is 24.6 Å². The third-order valence-corrected chi connectivity index (χ3v) is 8.90. The van der Waals surface area contributed by atoms with Crippen molar-refractivity contribution >= 4 is 51.7 Å². The van der Waals surface area contributed by atoms with Crippen LogP contribution in [0.5, 0.6) is 11.5 Å². The lowest BCUT2D eigenvalue weighted by molar-refractivity contribution is -0.123. The van der Waals surface area contributed by atoms with Crippen molar-refractivity contribution in [2.24, 2.45) is 17.8 Å². The van der Waals surface area contributed by atoms with Crippen LogP contribution in [0.4, 0.5) is 5.69 Å².